The number of rotatable bonds is 8. The fourth-order valence-electron chi connectivity index (χ4n) is 3.84. The van der Waals surface area contributed by atoms with E-state index in [0.717, 1.165) is 56.9 Å². The summed E-state index contributed by atoms with van der Waals surface area (Å²) < 4.78 is 16.5. The van der Waals surface area contributed by atoms with Crippen molar-refractivity contribution < 1.29 is 14.2 Å². The Morgan fingerprint density at radius 1 is 1.23 bits per heavy atom. The van der Waals surface area contributed by atoms with Crippen LogP contribution < -0.4 is 20.1 Å². The minimum atomic E-state index is 0. The van der Waals surface area contributed by atoms with Crippen LogP contribution in [0.1, 0.15) is 24.4 Å². The van der Waals surface area contributed by atoms with E-state index in [2.05, 4.69) is 44.4 Å². The van der Waals surface area contributed by atoms with E-state index in [-0.39, 0.29) is 30.0 Å². The SMILES string of the molecule is CN=C(NCC1CCCS1)NCC(c1ccc(OC)c(OC)c1)N1CCOCC1.I. The van der Waals surface area contributed by atoms with Crippen molar-refractivity contribution in [3.63, 3.8) is 0 Å². The molecule has 2 N–H and O–H groups in total. The molecule has 0 aliphatic carbocycles. The molecule has 2 fully saturated rings. The Kier molecular flexibility index (Phi) is 11.4. The number of nitrogens with one attached hydrogen (secondary N) is 2. The maximum absolute atomic E-state index is 5.56. The number of guanidine groups is 1. The Hall–Kier alpha value is -0.910. The van der Waals surface area contributed by atoms with Crippen LogP contribution in [0.4, 0.5) is 0 Å². The highest BCUT2D eigenvalue weighted by Gasteiger charge is 2.24. The second-order valence-corrected chi connectivity index (χ2v) is 8.66. The number of aliphatic imine (C=N–C) groups is 1. The predicted molar refractivity (Wildman–Crippen MR) is 135 cm³/mol. The molecule has 2 heterocycles. The lowest BCUT2D eigenvalue weighted by Crippen LogP contribution is -2.47. The van der Waals surface area contributed by atoms with Gasteiger partial charge in [0.25, 0.3) is 0 Å². The molecule has 0 saturated carbocycles. The highest BCUT2D eigenvalue weighted by Crippen LogP contribution is 2.32. The van der Waals surface area contributed by atoms with Crippen molar-refractivity contribution in [2.45, 2.75) is 24.1 Å². The first-order valence-electron chi connectivity index (χ1n) is 10.3. The maximum Gasteiger partial charge on any atom is 0.191 e. The van der Waals surface area contributed by atoms with E-state index in [1.807, 2.05) is 13.1 Å². The molecule has 3 rings (SSSR count). The summed E-state index contributed by atoms with van der Waals surface area (Å²) in [6.45, 7) is 5.05. The second kappa shape index (κ2) is 13.5. The molecule has 2 aliphatic heterocycles. The lowest BCUT2D eigenvalue weighted by Gasteiger charge is -2.35. The minimum Gasteiger partial charge on any atom is -0.493 e. The molecule has 0 amide bonds. The molecule has 1 aromatic carbocycles. The summed E-state index contributed by atoms with van der Waals surface area (Å²) in [6, 6.07) is 6.37. The van der Waals surface area contributed by atoms with E-state index in [0.29, 0.717) is 5.25 Å². The van der Waals surface area contributed by atoms with Gasteiger partial charge in [-0.15, -0.1) is 24.0 Å². The molecule has 9 heteroatoms. The van der Waals surface area contributed by atoms with Crippen molar-refractivity contribution in [1.82, 2.24) is 15.5 Å². The number of ether oxygens (including phenoxy) is 3. The number of nitrogens with zero attached hydrogens (tertiary/aromatic N) is 2. The Morgan fingerprint density at radius 2 is 2.00 bits per heavy atom. The smallest absolute Gasteiger partial charge is 0.191 e. The molecule has 2 saturated heterocycles. The van der Waals surface area contributed by atoms with E-state index in [1.165, 1.54) is 24.2 Å². The van der Waals surface area contributed by atoms with Gasteiger partial charge in [0, 0.05) is 38.5 Å². The van der Waals surface area contributed by atoms with Crippen molar-refractivity contribution in [2.75, 3.05) is 66.4 Å². The van der Waals surface area contributed by atoms with Crippen molar-refractivity contribution in [3.8, 4) is 11.5 Å². The van der Waals surface area contributed by atoms with Crippen LogP contribution in [0, 0.1) is 0 Å². The van der Waals surface area contributed by atoms with E-state index >= 15 is 0 Å². The molecule has 0 radical (unpaired) electrons. The molecular weight excluding hydrogens is 515 g/mol. The number of benzene rings is 1. The summed E-state index contributed by atoms with van der Waals surface area (Å²) in [7, 11) is 5.17. The third-order valence-corrected chi connectivity index (χ3v) is 6.88. The van der Waals surface area contributed by atoms with Crippen LogP contribution in [0.5, 0.6) is 11.5 Å². The van der Waals surface area contributed by atoms with Crippen LogP contribution >= 0.6 is 35.7 Å². The molecule has 0 aromatic heterocycles. The molecular formula is C21H35IN4O3S. The predicted octanol–water partition coefficient (Wildman–Crippen LogP) is 2.76. The number of methoxy groups -OCH3 is 2. The zero-order valence-corrected chi connectivity index (χ0v) is 21.3. The zero-order valence-electron chi connectivity index (χ0n) is 18.2. The van der Waals surface area contributed by atoms with Crippen LogP contribution in [0.25, 0.3) is 0 Å². The summed E-state index contributed by atoms with van der Waals surface area (Å²) in [5.41, 5.74) is 1.19. The summed E-state index contributed by atoms with van der Waals surface area (Å²) in [4.78, 5) is 6.87. The Labute approximate surface area is 201 Å². The van der Waals surface area contributed by atoms with Gasteiger partial charge in [-0.1, -0.05) is 6.07 Å². The number of hydrogen-bond donors (Lipinski definition) is 2. The molecule has 0 spiro atoms. The molecule has 1 aromatic rings. The van der Waals surface area contributed by atoms with E-state index < -0.39 is 0 Å². The van der Waals surface area contributed by atoms with Crippen LogP contribution in [-0.2, 0) is 4.74 Å². The number of hydrogen-bond acceptors (Lipinski definition) is 6. The maximum atomic E-state index is 5.56. The van der Waals surface area contributed by atoms with Crippen LogP contribution in [0.3, 0.4) is 0 Å². The van der Waals surface area contributed by atoms with Crippen LogP contribution in [-0.4, -0.2) is 82.5 Å². The van der Waals surface area contributed by atoms with Gasteiger partial charge in [0.05, 0.1) is 33.5 Å². The van der Waals surface area contributed by atoms with Gasteiger partial charge < -0.3 is 24.8 Å². The lowest BCUT2D eigenvalue weighted by atomic mass is 10.0. The lowest BCUT2D eigenvalue weighted by molar-refractivity contribution is 0.0169. The van der Waals surface area contributed by atoms with Gasteiger partial charge in [-0.05, 0) is 36.3 Å². The molecule has 30 heavy (non-hydrogen) atoms. The Bertz CT molecular complexity index is 668. The first kappa shape index (κ1) is 25.4. The van der Waals surface area contributed by atoms with Gasteiger partial charge >= 0.3 is 0 Å². The van der Waals surface area contributed by atoms with Gasteiger partial charge in [0.1, 0.15) is 0 Å². The highest BCUT2D eigenvalue weighted by molar-refractivity contribution is 14.0. The average molecular weight is 551 g/mol. The first-order chi connectivity index (χ1) is 14.2. The topological polar surface area (TPSA) is 67.4 Å². The van der Waals surface area contributed by atoms with Gasteiger partial charge in [-0.3, -0.25) is 9.89 Å². The molecule has 2 unspecified atom stereocenters. The zero-order chi connectivity index (χ0) is 20.5. The van der Waals surface area contributed by atoms with E-state index in [9.17, 15) is 0 Å². The van der Waals surface area contributed by atoms with Crippen molar-refractivity contribution in [3.05, 3.63) is 23.8 Å². The fraction of sp³-hybridized carbons (Fsp3) is 0.667. The van der Waals surface area contributed by atoms with Gasteiger partial charge in [-0.2, -0.15) is 11.8 Å². The molecule has 0 bridgehead atoms. The highest BCUT2D eigenvalue weighted by atomic mass is 127. The summed E-state index contributed by atoms with van der Waals surface area (Å²) in [5.74, 6) is 3.63. The standard InChI is InChI=1S/C21H34N4O3S.HI/c1-22-21(23-14-17-5-4-12-29-17)24-15-18(25-8-10-28-11-9-25)16-6-7-19(26-2)20(13-16)27-3;/h6-7,13,17-18H,4-5,8-12,14-15H2,1-3H3,(H2,22,23,24);1H. The van der Waals surface area contributed by atoms with Crippen LogP contribution in [0.15, 0.2) is 23.2 Å². The number of halogens is 1. The van der Waals surface area contributed by atoms with Crippen molar-refractivity contribution in [2.24, 2.45) is 4.99 Å². The van der Waals surface area contributed by atoms with Crippen molar-refractivity contribution in [1.29, 1.82) is 0 Å². The average Bonchev–Trinajstić information content (AvgIpc) is 3.30. The van der Waals surface area contributed by atoms with Crippen LogP contribution in [0.2, 0.25) is 0 Å². The summed E-state index contributed by atoms with van der Waals surface area (Å²) >= 11 is 2.05. The normalized spacial score (nSPS) is 20.9. The first-order valence-corrected chi connectivity index (χ1v) is 11.4. The van der Waals surface area contributed by atoms with Gasteiger partial charge in [0.2, 0.25) is 0 Å². The molecule has 7 nitrogen and oxygen atoms in total. The number of thioether (sulfide) groups is 1. The Morgan fingerprint density at radius 3 is 2.63 bits per heavy atom. The van der Waals surface area contributed by atoms with Crippen molar-refractivity contribution >= 4 is 41.7 Å². The Balaban J connectivity index is 0.00000320. The summed E-state index contributed by atoms with van der Waals surface area (Å²) in [6.07, 6.45) is 2.61. The fourth-order valence-corrected chi connectivity index (χ4v) is 5.04. The quantitative estimate of drug-likeness (QED) is 0.293. The third kappa shape index (κ3) is 7.06. The van der Waals surface area contributed by atoms with Gasteiger partial charge in [0.15, 0.2) is 17.5 Å². The molecule has 170 valence electrons. The molecule has 2 aliphatic rings. The minimum absolute atomic E-state index is 0. The monoisotopic (exact) mass is 550 g/mol. The summed E-state index contributed by atoms with van der Waals surface area (Å²) in [5, 5.41) is 7.71. The number of morpholine rings is 1. The molecule has 2 atom stereocenters. The second-order valence-electron chi connectivity index (χ2n) is 7.25. The van der Waals surface area contributed by atoms with Gasteiger partial charge in [-0.25, -0.2) is 0 Å². The van der Waals surface area contributed by atoms with E-state index in [4.69, 9.17) is 14.2 Å². The van der Waals surface area contributed by atoms with E-state index in [1.54, 1.807) is 14.2 Å². The largest absolute Gasteiger partial charge is 0.493 e. The third-order valence-electron chi connectivity index (χ3n) is 5.49.